The average Bonchev–Trinajstić information content (AvgIpc) is 2.29. The van der Waals surface area contributed by atoms with E-state index in [1.807, 2.05) is 6.07 Å². The topological polar surface area (TPSA) is 49.3 Å². The maximum absolute atomic E-state index is 10.2. The molecule has 0 unspecified atom stereocenters. The molecule has 3 heteroatoms. The Morgan fingerprint density at radius 1 is 1.12 bits per heavy atom. The normalized spacial score (nSPS) is 10.2. The zero-order chi connectivity index (χ0) is 11.6. The Labute approximate surface area is 96.5 Å². The number of hydrogen-bond acceptors (Lipinski definition) is 2. The quantitative estimate of drug-likeness (QED) is 0.661. The molecule has 0 aliphatic rings. The summed E-state index contributed by atoms with van der Waals surface area (Å²) in [6.45, 7) is 0.861. The first kappa shape index (κ1) is 12.7. The summed E-state index contributed by atoms with van der Waals surface area (Å²) < 4.78 is 0. The first-order valence-corrected chi connectivity index (χ1v) is 5.75. The van der Waals surface area contributed by atoms with Crippen molar-refractivity contribution >= 4 is 5.97 Å². The molecule has 0 aromatic heterocycles. The van der Waals surface area contributed by atoms with Crippen LogP contribution in [0.4, 0.5) is 0 Å². The number of hydrogen-bond donors (Lipinski definition) is 2. The lowest BCUT2D eigenvalue weighted by molar-refractivity contribution is -0.135. The molecule has 0 heterocycles. The minimum absolute atomic E-state index is 0.0681. The second-order valence-corrected chi connectivity index (χ2v) is 3.87. The minimum atomic E-state index is -0.788. The van der Waals surface area contributed by atoms with Crippen molar-refractivity contribution in [1.29, 1.82) is 0 Å². The number of unbranched alkanes of at least 4 members (excludes halogenated alkanes) is 2. The number of rotatable bonds is 8. The van der Waals surface area contributed by atoms with Gasteiger partial charge in [-0.2, -0.15) is 0 Å². The van der Waals surface area contributed by atoms with E-state index < -0.39 is 5.97 Å². The van der Waals surface area contributed by atoms with Crippen LogP contribution in [-0.4, -0.2) is 24.2 Å². The highest BCUT2D eigenvalue weighted by Crippen LogP contribution is 2.05. The van der Waals surface area contributed by atoms with Crippen molar-refractivity contribution in [2.45, 2.75) is 25.7 Å². The van der Waals surface area contributed by atoms with Crippen molar-refractivity contribution in [3.8, 4) is 0 Å². The molecule has 3 nitrogen and oxygen atoms in total. The molecule has 88 valence electrons. The molecule has 0 radical (unpaired) electrons. The summed E-state index contributed by atoms with van der Waals surface area (Å²) in [5.41, 5.74) is 1.38. The van der Waals surface area contributed by atoms with Gasteiger partial charge in [-0.1, -0.05) is 36.8 Å². The van der Waals surface area contributed by atoms with Crippen molar-refractivity contribution in [1.82, 2.24) is 5.32 Å². The maximum Gasteiger partial charge on any atom is 0.317 e. The summed E-state index contributed by atoms with van der Waals surface area (Å²) in [6, 6.07) is 10.4. The molecule has 2 N–H and O–H groups in total. The van der Waals surface area contributed by atoms with E-state index in [0.717, 1.165) is 25.8 Å². The van der Waals surface area contributed by atoms with E-state index in [0.29, 0.717) is 0 Å². The molecule has 1 aromatic carbocycles. The molecule has 0 bridgehead atoms. The summed E-state index contributed by atoms with van der Waals surface area (Å²) in [5.74, 6) is -0.788. The van der Waals surface area contributed by atoms with E-state index in [9.17, 15) is 4.79 Å². The highest BCUT2D eigenvalue weighted by molar-refractivity contribution is 5.68. The summed E-state index contributed by atoms with van der Waals surface area (Å²) >= 11 is 0. The molecule has 1 rings (SSSR count). The molecule has 0 spiro atoms. The van der Waals surface area contributed by atoms with Gasteiger partial charge < -0.3 is 10.4 Å². The molecule has 0 aliphatic heterocycles. The number of nitrogens with one attached hydrogen (secondary N) is 1. The summed E-state index contributed by atoms with van der Waals surface area (Å²) in [5, 5.41) is 11.3. The van der Waals surface area contributed by atoms with E-state index in [2.05, 4.69) is 29.6 Å². The molecular formula is C13H19NO2. The van der Waals surface area contributed by atoms with Crippen LogP contribution in [0.3, 0.4) is 0 Å². The van der Waals surface area contributed by atoms with Gasteiger partial charge in [-0.05, 0) is 31.4 Å². The predicted molar refractivity (Wildman–Crippen MR) is 64.5 cm³/mol. The van der Waals surface area contributed by atoms with Crippen LogP contribution < -0.4 is 5.32 Å². The maximum atomic E-state index is 10.2. The SMILES string of the molecule is O=C(O)CNCCCCCc1ccccc1. The van der Waals surface area contributed by atoms with Crippen LogP contribution >= 0.6 is 0 Å². The highest BCUT2D eigenvalue weighted by atomic mass is 16.4. The predicted octanol–water partition coefficient (Wildman–Crippen LogP) is 2.07. The van der Waals surface area contributed by atoms with Gasteiger partial charge in [0.15, 0.2) is 0 Å². The number of benzene rings is 1. The summed E-state index contributed by atoms with van der Waals surface area (Å²) in [6.07, 6.45) is 4.46. The fraction of sp³-hybridized carbons (Fsp3) is 0.462. The number of carboxylic acids is 1. The van der Waals surface area contributed by atoms with Crippen molar-refractivity contribution < 1.29 is 9.90 Å². The molecule has 16 heavy (non-hydrogen) atoms. The Hall–Kier alpha value is -1.35. The van der Waals surface area contributed by atoms with Crippen LogP contribution in [0.25, 0.3) is 0 Å². The highest BCUT2D eigenvalue weighted by Gasteiger charge is 1.95. The summed E-state index contributed by atoms with van der Waals surface area (Å²) in [7, 11) is 0. The third-order valence-corrected chi connectivity index (χ3v) is 2.44. The Morgan fingerprint density at radius 2 is 1.88 bits per heavy atom. The molecule has 0 atom stereocenters. The Bertz CT molecular complexity index is 298. The Kier molecular flexibility index (Phi) is 6.26. The standard InChI is InChI=1S/C13H19NO2/c15-13(16)11-14-10-6-2-5-9-12-7-3-1-4-8-12/h1,3-4,7-8,14H,2,5-6,9-11H2,(H,15,16). The van der Waals surface area contributed by atoms with Crippen LogP contribution in [0, 0.1) is 0 Å². The van der Waals surface area contributed by atoms with Crippen LogP contribution in [-0.2, 0) is 11.2 Å². The lowest BCUT2D eigenvalue weighted by Crippen LogP contribution is -2.23. The van der Waals surface area contributed by atoms with E-state index in [4.69, 9.17) is 5.11 Å². The smallest absolute Gasteiger partial charge is 0.317 e. The second kappa shape index (κ2) is 7.88. The first-order chi connectivity index (χ1) is 7.79. The average molecular weight is 221 g/mol. The van der Waals surface area contributed by atoms with E-state index in [1.54, 1.807) is 0 Å². The number of carbonyl (C=O) groups is 1. The fourth-order valence-corrected chi connectivity index (χ4v) is 1.60. The molecule has 0 aliphatic carbocycles. The van der Waals surface area contributed by atoms with Gasteiger partial charge in [-0.3, -0.25) is 4.79 Å². The van der Waals surface area contributed by atoms with Gasteiger partial charge in [0.1, 0.15) is 0 Å². The van der Waals surface area contributed by atoms with Crippen molar-refractivity contribution in [2.24, 2.45) is 0 Å². The van der Waals surface area contributed by atoms with Gasteiger partial charge in [-0.15, -0.1) is 0 Å². The van der Waals surface area contributed by atoms with Crippen LogP contribution in [0.5, 0.6) is 0 Å². The minimum Gasteiger partial charge on any atom is -0.480 e. The van der Waals surface area contributed by atoms with Gasteiger partial charge in [-0.25, -0.2) is 0 Å². The number of carboxylic acid groups (broad SMARTS) is 1. The monoisotopic (exact) mass is 221 g/mol. The van der Waals surface area contributed by atoms with E-state index in [1.165, 1.54) is 12.0 Å². The zero-order valence-corrected chi connectivity index (χ0v) is 9.48. The Balaban J connectivity index is 1.94. The largest absolute Gasteiger partial charge is 0.480 e. The van der Waals surface area contributed by atoms with E-state index in [-0.39, 0.29) is 6.54 Å². The second-order valence-electron chi connectivity index (χ2n) is 3.87. The van der Waals surface area contributed by atoms with Crippen molar-refractivity contribution in [2.75, 3.05) is 13.1 Å². The fourth-order valence-electron chi connectivity index (χ4n) is 1.60. The van der Waals surface area contributed by atoms with Gasteiger partial charge in [0.25, 0.3) is 0 Å². The van der Waals surface area contributed by atoms with Crippen molar-refractivity contribution in [3.05, 3.63) is 35.9 Å². The van der Waals surface area contributed by atoms with Crippen LogP contribution in [0.2, 0.25) is 0 Å². The summed E-state index contributed by atoms with van der Waals surface area (Å²) in [4.78, 5) is 10.2. The number of aryl methyl sites for hydroxylation is 1. The van der Waals surface area contributed by atoms with Gasteiger partial charge in [0.05, 0.1) is 6.54 Å². The molecule has 0 saturated carbocycles. The third kappa shape index (κ3) is 6.19. The lowest BCUT2D eigenvalue weighted by atomic mass is 10.1. The first-order valence-electron chi connectivity index (χ1n) is 5.75. The van der Waals surface area contributed by atoms with Crippen LogP contribution in [0.15, 0.2) is 30.3 Å². The molecule has 0 saturated heterocycles. The Morgan fingerprint density at radius 3 is 2.56 bits per heavy atom. The molecule has 1 aromatic rings. The third-order valence-electron chi connectivity index (χ3n) is 2.44. The molecular weight excluding hydrogens is 202 g/mol. The zero-order valence-electron chi connectivity index (χ0n) is 9.48. The van der Waals surface area contributed by atoms with Gasteiger partial charge in [0.2, 0.25) is 0 Å². The lowest BCUT2D eigenvalue weighted by Gasteiger charge is -2.02. The van der Waals surface area contributed by atoms with Gasteiger partial charge >= 0.3 is 5.97 Å². The molecule has 0 fully saturated rings. The van der Waals surface area contributed by atoms with Crippen molar-refractivity contribution in [3.63, 3.8) is 0 Å². The van der Waals surface area contributed by atoms with Gasteiger partial charge in [0, 0.05) is 0 Å². The number of aliphatic carboxylic acids is 1. The van der Waals surface area contributed by atoms with E-state index >= 15 is 0 Å². The van der Waals surface area contributed by atoms with Crippen LogP contribution in [0.1, 0.15) is 24.8 Å². The molecule has 0 amide bonds.